The standard InChI is InChI=1S/C13H13Cl2N3O5S2/c1-23-13-12(16-7-11(17-13)24(2,19)20)18(25(3,21)22)10-5-8(14)4-9(15)6-10/h4-7H,1-3H3. The molecule has 0 saturated carbocycles. The molecule has 0 saturated heterocycles. The van der Waals surface area contributed by atoms with Crippen LogP contribution in [0.5, 0.6) is 5.88 Å². The third kappa shape index (κ3) is 4.51. The van der Waals surface area contributed by atoms with Gasteiger partial charge in [-0.25, -0.2) is 26.1 Å². The van der Waals surface area contributed by atoms with E-state index in [4.69, 9.17) is 27.9 Å². The van der Waals surface area contributed by atoms with E-state index in [0.29, 0.717) is 0 Å². The Labute approximate surface area is 155 Å². The van der Waals surface area contributed by atoms with E-state index in [1.807, 2.05) is 0 Å². The summed E-state index contributed by atoms with van der Waals surface area (Å²) in [5, 5.41) is 0.0531. The normalized spacial score (nSPS) is 12.0. The predicted molar refractivity (Wildman–Crippen MR) is 95.1 cm³/mol. The maximum absolute atomic E-state index is 12.3. The van der Waals surface area contributed by atoms with Gasteiger partial charge in [-0.3, -0.25) is 0 Å². The monoisotopic (exact) mass is 425 g/mol. The molecule has 0 aliphatic carbocycles. The van der Waals surface area contributed by atoms with E-state index < -0.39 is 19.9 Å². The first-order chi connectivity index (χ1) is 11.4. The molecule has 0 unspecified atom stereocenters. The predicted octanol–water partition coefficient (Wildman–Crippen LogP) is 2.29. The number of benzene rings is 1. The fourth-order valence-corrected chi connectivity index (χ4v) is 3.87. The Morgan fingerprint density at radius 1 is 1.04 bits per heavy atom. The molecule has 1 aromatic carbocycles. The van der Waals surface area contributed by atoms with E-state index in [1.54, 1.807) is 0 Å². The molecule has 136 valence electrons. The fourth-order valence-electron chi connectivity index (χ4n) is 1.93. The molecule has 2 rings (SSSR count). The van der Waals surface area contributed by atoms with Gasteiger partial charge in [0.05, 0.1) is 25.2 Å². The SMILES string of the molecule is COc1nc(S(C)(=O)=O)cnc1N(c1cc(Cl)cc(Cl)c1)S(C)(=O)=O. The number of ether oxygens (including phenoxy) is 1. The van der Waals surface area contributed by atoms with Crippen molar-refractivity contribution in [3.05, 3.63) is 34.4 Å². The quantitative estimate of drug-likeness (QED) is 0.722. The molecular weight excluding hydrogens is 413 g/mol. The number of rotatable bonds is 5. The molecule has 2 aromatic rings. The van der Waals surface area contributed by atoms with Crippen LogP contribution in [0.15, 0.2) is 29.4 Å². The lowest BCUT2D eigenvalue weighted by atomic mass is 10.3. The second-order valence-electron chi connectivity index (χ2n) is 4.97. The van der Waals surface area contributed by atoms with Crippen molar-refractivity contribution in [3.8, 4) is 5.88 Å². The van der Waals surface area contributed by atoms with Gasteiger partial charge in [0.15, 0.2) is 14.9 Å². The van der Waals surface area contributed by atoms with E-state index in [2.05, 4.69) is 9.97 Å². The lowest BCUT2D eigenvalue weighted by Crippen LogP contribution is -2.26. The van der Waals surface area contributed by atoms with Crippen LogP contribution in [0.25, 0.3) is 0 Å². The number of nitrogens with zero attached hydrogens (tertiary/aromatic N) is 3. The molecule has 8 nitrogen and oxygen atoms in total. The third-order valence-electron chi connectivity index (χ3n) is 2.88. The number of hydrogen-bond acceptors (Lipinski definition) is 7. The smallest absolute Gasteiger partial charge is 0.260 e. The van der Waals surface area contributed by atoms with Crippen molar-refractivity contribution in [2.24, 2.45) is 0 Å². The van der Waals surface area contributed by atoms with Crippen LogP contribution in [-0.4, -0.2) is 46.4 Å². The zero-order chi connectivity index (χ0) is 19.0. The molecular formula is C13H13Cl2N3O5S2. The largest absolute Gasteiger partial charge is 0.478 e. The molecule has 0 amide bonds. The number of halogens is 2. The summed E-state index contributed by atoms with van der Waals surface area (Å²) in [5.41, 5.74) is 0.0969. The molecule has 0 bridgehead atoms. The van der Waals surface area contributed by atoms with Gasteiger partial charge in [-0.15, -0.1) is 0 Å². The van der Waals surface area contributed by atoms with Crippen LogP contribution >= 0.6 is 23.2 Å². The Kier molecular flexibility index (Phi) is 5.47. The summed E-state index contributed by atoms with van der Waals surface area (Å²) >= 11 is 11.9. The molecule has 1 heterocycles. The number of methoxy groups -OCH3 is 1. The fraction of sp³-hybridized carbons (Fsp3) is 0.231. The number of aromatic nitrogens is 2. The molecule has 0 spiro atoms. The van der Waals surface area contributed by atoms with Crippen LogP contribution < -0.4 is 9.04 Å². The molecule has 1 aromatic heterocycles. The van der Waals surface area contributed by atoms with Crippen LogP contribution in [0.4, 0.5) is 11.5 Å². The summed E-state index contributed by atoms with van der Waals surface area (Å²) in [5.74, 6) is -0.514. The number of sulfone groups is 1. The van der Waals surface area contributed by atoms with Gasteiger partial charge in [-0.05, 0) is 18.2 Å². The van der Waals surface area contributed by atoms with Gasteiger partial charge < -0.3 is 4.74 Å². The molecule has 12 heteroatoms. The Morgan fingerprint density at radius 3 is 2.04 bits per heavy atom. The topological polar surface area (TPSA) is 107 Å². The Balaban J connectivity index is 2.76. The highest BCUT2D eigenvalue weighted by Crippen LogP contribution is 2.36. The molecule has 0 atom stereocenters. The molecule has 0 N–H and O–H groups in total. The van der Waals surface area contributed by atoms with E-state index in [1.165, 1.54) is 25.3 Å². The summed E-state index contributed by atoms with van der Waals surface area (Å²) in [4.78, 5) is 7.73. The third-order valence-corrected chi connectivity index (χ3v) is 5.32. The molecule has 0 aliphatic rings. The minimum Gasteiger partial charge on any atom is -0.478 e. The number of sulfonamides is 1. The van der Waals surface area contributed by atoms with Gasteiger partial charge in [0.2, 0.25) is 15.8 Å². The molecule has 0 radical (unpaired) electrons. The molecule has 0 aliphatic heterocycles. The van der Waals surface area contributed by atoms with Crippen LogP contribution in [0.3, 0.4) is 0 Å². The van der Waals surface area contributed by atoms with Crippen molar-refractivity contribution in [2.75, 3.05) is 23.9 Å². The van der Waals surface area contributed by atoms with Gasteiger partial charge in [0, 0.05) is 16.3 Å². The average molecular weight is 426 g/mol. The van der Waals surface area contributed by atoms with E-state index >= 15 is 0 Å². The first kappa shape index (κ1) is 19.7. The molecule has 0 fully saturated rings. The highest BCUT2D eigenvalue weighted by Gasteiger charge is 2.27. The first-order valence-electron chi connectivity index (χ1n) is 6.51. The van der Waals surface area contributed by atoms with Gasteiger partial charge in [0.25, 0.3) is 5.88 Å². The molecule has 25 heavy (non-hydrogen) atoms. The minimum atomic E-state index is -3.90. The maximum Gasteiger partial charge on any atom is 0.260 e. The van der Waals surface area contributed by atoms with Gasteiger partial charge in [0.1, 0.15) is 0 Å². The number of anilines is 2. The van der Waals surface area contributed by atoms with E-state index in [0.717, 1.165) is 23.0 Å². The van der Waals surface area contributed by atoms with Crippen molar-refractivity contribution >= 4 is 54.6 Å². The van der Waals surface area contributed by atoms with Crippen LogP contribution in [0.1, 0.15) is 0 Å². The van der Waals surface area contributed by atoms with Crippen molar-refractivity contribution in [2.45, 2.75) is 5.03 Å². The van der Waals surface area contributed by atoms with Gasteiger partial charge in [-0.1, -0.05) is 23.2 Å². The van der Waals surface area contributed by atoms with Crippen LogP contribution in [-0.2, 0) is 19.9 Å². The van der Waals surface area contributed by atoms with Crippen molar-refractivity contribution in [1.29, 1.82) is 0 Å². The van der Waals surface area contributed by atoms with Gasteiger partial charge >= 0.3 is 0 Å². The summed E-state index contributed by atoms with van der Waals surface area (Å²) in [6, 6.07) is 4.16. The second-order valence-corrected chi connectivity index (χ2v) is 9.64. The van der Waals surface area contributed by atoms with E-state index in [9.17, 15) is 16.8 Å². The van der Waals surface area contributed by atoms with Crippen molar-refractivity contribution < 1.29 is 21.6 Å². The van der Waals surface area contributed by atoms with Crippen LogP contribution in [0.2, 0.25) is 10.0 Å². The lowest BCUT2D eigenvalue weighted by Gasteiger charge is -2.23. The van der Waals surface area contributed by atoms with E-state index in [-0.39, 0.29) is 32.5 Å². The summed E-state index contributed by atoms with van der Waals surface area (Å²) in [6.45, 7) is 0. The van der Waals surface area contributed by atoms with Crippen molar-refractivity contribution in [3.63, 3.8) is 0 Å². The average Bonchev–Trinajstić information content (AvgIpc) is 2.44. The summed E-state index contributed by atoms with van der Waals surface area (Å²) < 4.78 is 53.7. The lowest BCUT2D eigenvalue weighted by molar-refractivity contribution is 0.393. The highest BCUT2D eigenvalue weighted by molar-refractivity contribution is 7.92. The Hall–Kier alpha value is -1.62. The second kappa shape index (κ2) is 6.94. The summed E-state index contributed by atoms with van der Waals surface area (Å²) in [6.07, 6.45) is 2.83. The minimum absolute atomic E-state index is 0.0969. The van der Waals surface area contributed by atoms with Crippen molar-refractivity contribution in [1.82, 2.24) is 9.97 Å². The number of hydrogen-bond donors (Lipinski definition) is 0. The Morgan fingerprint density at radius 2 is 1.60 bits per heavy atom. The Bertz CT molecular complexity index is 1010. The maximum atomic E-state index is 12.3. The van der Waals surface area contributed by atoms with Crippen LogP contribution in [0, 0.1) is 0 Å². The zero-order valence-electron chi connectivity index (χ0n) is 13.3. The van der Waals surface area contributed by atoms with Gasteiger partial charge in [-0.2, -0.15) is 4.98 Å². The zero-order valence-corrected chi connectivity index (χ0v) is 16.4. The highest BCUT2D eigenvalue weighted by atomic mass is 35.5. The summed E-state index contributed by atoms with van der Waals surface area (Å²) in [7, 11) is -6.34. The first-order valence-corrected chi connectivity index (χ1v) is 11.0.